The van der Waals surface area contributed by atoms with Gasteiger partial charge >= 0.3 is 12.1 Å². The van der Waals surface area contributed by atoms with Gasteiger partial charge in [0, 0.05) is 42.4 Å². The van der Waals surface area contributed by atoms with Crippen LogP contribution in [0.25, 0.3) is 17.2 Å². The minimum Gasteiger partial charge on any atom is -0.487 e. The lowest BCUT2D eigenvalue weighted by atomic mass is 10.0. The molecule has 1 spiro atoms. The van der Waals surface area contributed by atoms with Crippen molar-refractivity contribution in [3.63, 3.8) is 0 Å². The summed E-state index contributed by atoms with van der Waals surface area (Å²) in [4.78, 5) is 56.7. The van der Waals surface area contributed by atoms with Crippen molar-refractivity contribution in [3.8, 4) is 16.9 Å². The van der Waals surface area contributed by atoms with E-state index in [-0.39, 0.29) is 30.9 Å². The molecule has 0 bridgehead atoms. The Morgan fingerprint density at radius 2 is 1.74 bits per heavy atom. The summed E-state index contributed by atoms with van der Waals surface area (Å²) in [6.45, 7) is 4.21. The van der Waals surface area contributed by atoms with E-state index in [0.717, 1.165) is 47.3 Å². The Labute approximate surface area is 331 Å². The summed E-state index contributed by atoms with van der Waals surface area (Å²) < 4.78 is 17.0. The lowest BCUT2D eigenvalue weighted by Crippen LogP contribution is -2.49. The number of benzene rings is 3. The number of amidine groups is 2. The Morgan fingerprint density at radius 1 is 0.912 bits per heavy atom. The second-order valence-corrected chi connectivity index (χ2v) is 14.8. The fourth-order valence-corrected chi connectivity index (χ4v) is 7.65. The van der Waals surface area contributed by atoms with Gasteiger partial charge in [-0.25, -0.2) is 19.6 Å². The van der Waals surface area contributed by atoms with Crippen LogP contribution in [0.3, 0.4) is 0 Å². The van der Waals surface area contributed by atoms with Gasteiger partial charge in [-0.15, -0.1) is 0 Å². The van der Waals surface area contributed by atoms with Gasteiger partial charge in [-0.05, 0) is 110 Å². The number of aromatic nitrogens is 1. The fourth-order valence-electron chi connectivity index (χ4n) is 7.65. The summed E-state index contributed by atoms with van der Waals surface area (Å²) >= 11 is 0. The molecule has 3 aliphatic heterocycles. The predicted octanol–water partition coefficient (Wildman–Crippen LogP) is 6.69. The van der Waals surface area contributed by atoms with Crippen molar-refractivity contribution in [2.75, 3.05) is 26.3 Å². The first-order chi connectivity index (χ1) is 27.7. The zero-order chi connectivity index (χ0) is 39.5. The monoisotopic (exact) mass is 767 g/mol. The number of rotatable bonds is 10. The van der Waals surface area contributed by atoms with E-state index in [1.807, 2.05) is 83.8 Å². The third kappa shape index (κ3) is 8.09. The minimum atomic E-state index is -0.583. The summed E-state index contributed by atoms with van der Waals surface area (Å²) in [6, 6.07) is 24.6. The number of carbonyl (C=O) groups excluding carboxylic acids is 3. The van der Waals surface area contributed by atoms with Crippen LogP contribution in [0.2, 0.25) is 0 Å². The Kier molecular flexibility index (Phi) is 10.5. The smallest absolute Gasteiger partial charge is 0.410 e. The second-order valence-electron chi connectivity index (χ2n) is 14.8. The second kappa shape index (κ2) is 15.9. The number of aliphatic imine (C=N–C) groups is 2. The number of amides is 2. The normalized spacial score (nSPS) is 17.9. The topological polar surface area (TPSA) is 175 Å². The first-order valence-corrected chi connectivity index (χ1v) is 19.4. The largest absolute Gasteiger partial charge is 0.487 e. The van der Waals surface area contributed by atoms with E-state index >= 15 is 0 Å². The molecule has 4 heterocycles. The van der Waals surface area contributed by atoms with E-state index in [4.69, 9.17) is 30.7 Å². The van der Waals surface area contributed by atoms with Crippen molar-refractivity contribution in [1.82, 2.24) is 14.8 Å². The molecule has 4 N–H and O–H groups in total. The first-order valence-electron chi connectivity index (χ1n) is 19.4. The molecule has 0 unspecified atom stereocenters. The van der Waals surface area contributed by atoms with Gasteiger partial charge in [0.2, 0.25) is 0 Å². The Morgan fingerprint density at radius 3 is 2.51 bits per heavy atom. The highest BCUT2D eigenvalue weighted by Crippen LogP contribution is 2.46. The Hall–Kier alpha value is -6.50. The zero-order valence-electron chi connectivity index (χ0n) is 31.9. The molecule has 8 rings (SSSR count). The third-order valence-corrected chi connectivity index (χ3v) is 11.0. The van der Waals surface area contributed by atoms with Crippen molar-refractivity contribution in [2.24, 2.45) is 27.4 Å². The maximum Gasteiger partial charge on any atom is 0.410 e. The highest BCUT2D eigenvalue weighted by atomic mass is 16.6. The minimum absolute atomic E-state index is 0.0328. The summed E-state index contributed by atoms with van der Waals surface area (Å²) in [5.74, 6) is 1.11. The van der Waals surface area contributed by atoms with E-state index in [1.54, 1.807) is 24.1 Å². The molecular weight excluding hydrogens is 723 g/mol. The molecule has 1 saturated carbocycles. The summed E-state index contributed by atoms with van der Waals surface area (Å²) in [6.07, 6.45) is 6.25. The van der Waals surface area contributed by atoms with E-state index in [2.05, 4.69) is 9.98 Å². The number of pyridine rings is 1. The molecule has 57 heavy (non-hydrogen) atoms. The van der Waals surface area contributed by atoms with Gasteiger partial charge in [0.15, 0.2) is 0 Å². The van der Waals surface area contributed by atoms with Gasteiger partial charge in [-0.3, -0.25) is 14.7 Å². The highest BCUT2D eigenvalue weighted by Gasteiger charge is 2.55. The Bertz CT molecular complexity index is 2280. The van der Waals surface area contributed by atoms with Crippen molar-refractivity contribution in [1.29, 1.82) is 0 Å². The van der Waals surface area contributed by atoms with Crippen molar-refractivity contribution < 1.29 is 28.6 Å². The molecule has 0 radical (unpaired) electrons. The quantitative estimate of drug-likeness (QED) is 0.167. The van der Waals surface area contributed by atoms with Gasteiger partial charge < -0.3 is 30.6 Å². The molecule has 13 heteroatoms. The lowest BCUT2D eigenvalue weighted by Gasteiger charge is -2.29. The Balaban J connectivity index is 0.846. The van der Waals surface area contributed by atoms with E-state index in [0.29, 0.717) is 79.1 Å². The number of hydrogen-bond donors (Lipinski definition) is 2. The van der Waals surface area contributed by atoms with Crippen LogP contribution in [-0.2, 0) is 27.4 Å². The number of carbonyl (C=O) groups is 3. The molecule has 2 amide bonds. The van der Waals surface area contributed by atoms with Crippen LogP contribution in [0.4, 0.5) is 16.2 Å². The number of hydrogen-bond acceptors (Lipinski definition) is 11. The van der Waals surface area contributed by atoms with Gasteiger partial charge in [-0.2, -0.15) is 0 Å². The van der Waals surface area contributed by atoms with Crippen LogP contribution in [0.1, 0.15) is 66.2 Å². The van der Waals surface area contributed by atoms with Crippen LogP contribution in [0, 0.1) is 5.92 Å². The van der Waals surface area contributed by atoms with Crippen LogP contribution >= 0.6 is 0 Å². The SMILES string of the molecule is CCOC(=O)N1Cc2ccc(-c3ccc(C(=O)N4CC[C@@H](CCOC(=O)C5=Cc6cc(OCc7ccccn7)ccc6N=C(N)C5)C4)cc3)cc2N=C(N)C12CC2. The molecule has 13 nitrogen and oxygen atoms in total. The summed E-state index contributed by atoms with van der Waals surface area (Å²) in [7, 11) is 0. The maximum atomic E-state index is 13.5. The predicted molar refractivity (Wildman–Crippen MR) is 216 cm³/mol. The van der Waals surface area contributed by atoms with Crippen LogP contribution < -0.4 is 16.2 Å². The van der Waals surface area contributed by atoms with Crippen LogP contribution in [0.15, 0.2) is 101 Å². The van der Waals surface area contributed by atoms with E-state index in [1.165, 1.54) is 0 Å². The molecule has 4 aliphatic rings. The molecule has 1 atom stereocenters. The molecule has 1 saturated heterocycles. The van der Waals surface area contributed by atoms with Crippen LogP contribution in [-0.4, -0.2) is 76.3 Å². The van der Waals surface area contributed by atoms with Gasteiger partial charge in [-0.1, -0.05) is 30.3 Å². The van der Waals surface area contributed by atoms with Gasteiger partial charge in [0.05, 0.1) is 36.8 Å². The number of nitrogens with zero attached hydrogens (tertiary/aromatic N) is 5. The van der Waals surface area contributed by atoms with Crippen molar-refractivity contribution in [2.45, 2.75) is 57.7 Å². The number of ether oxygens (including phenoxy) is 3. The maximum absolute atomic E-state index is 13.5. The van der Waals surface area contributed by atoms with Crippen molar-refractivity contribution >= 4 is 47.1 Å². The van der Waals surface area contributed by atoms with Crippen LogP contribution in [0.5, 0.6) is 5.75 Å². The molecule has 1 aliphatic carbocycles. The number of likely N-dealkylation sites (tertiary alicyclic amines) is 1. The molecule has 292 valence electrons. The summed E-state index contributed by atoms with van der Waals surface area (Å²) in [5, 5.41) is 0. The third-order valence-electron chi connectivity index (χ3n) is 11.0. The summed E-state index contributed by atoms with van der Waals surface area (Å²) in [5.41, 5.74) is 18.7. The first kappa shape index (κ1) is 37.4. The van der Waals surface area contributed by atoms with Crippen molar-refractivity contribution in [3.05, 3.63) is 113 Å². The van der Waals surface area contributed by atoms with E-state index < -0.39 is 11.5 Å². The number of fused-ring (bicyclic) bond motifs is 2. The molecule has 1 aromatic heterocycles. The van der Waals surface area contributed by atoms with Gasteiger partial charge in [0.25, 0.3) is 5.91 Å². The standard InChI is InChI=1S/C44H45N7O6/c1-2-55-43(54)51-26-32-11-10-31(23-38(32)49-42(46)44(51)16-17-44)29-6-8-30(9-7-29)40(52)50-19-14-28(25-50)15-20-56-41(53)34-21-33-22-36(12-13-37(33)48-39(45)24-34)57-27-35-5-3-4-18-47-35/h3-13,18,21-23,28H,2,14-17,19-20,24-27H2,1H3,(H2,45,48)(H2,46,49)/t28-/m0/s1. The number of nitrogens with two attached hydrogens (primary N) is 2. The molecular formula is C44H45N7O6. The average Bonchev–Trinajstić information content (AvgIpc) is 3.95. The highest BCUT2D eigenvalue weighted by molar-refractivity contribution is 6.03. The lowest BCUT2D eigenvalue weighted by molar-refractivity contribution is -0.139. The fraction of sp³-hybridized carbons (Fsp3) is 0.318. The molecule has 2 fully saturated rings. The number of esters is 1. The van der Waals surface area contributed by atoms with E-state index in [9.17, 15) is 14.4 Å². The molecule has 4 aromatic rings. The molecule has 3 aromatic carbocycles. The average molecular weight is 768 g/mol. The van der Waals surface area contributed by atoms with Gasteiger partial charge in [0.1, 0.15) is 29.6 Å². The zero-order valence-corrected chi connectivity index (χ0v) is 31.9.